The fraction of sp³-hybridized carbons (Fsp3) is 0.333. The van der Waals surface area contributed by atoms with E-state index in [0.717, 1.165) is 6.42 Å². The number of halogens is 2. The molecule has 1 fully saturated rings. The van der Waals surface area contributed by atoms with Gasteiger partial charge in [0.15, 0.2) is 11.5 Å². The van der Waals surface area contributed by atoms with E-state index >= 15 is 0 Å². The molecule has 2 amide bonds. The van der Waals surface area contributed by atoms with Gasteiger partial charge in [-0.05, 0) is 43.2 Å². The Kier molecular flexibility index (Phi) is 5.83. The number of amides is 2. The van der Waals surface area contributed by atoms with Crippen LogP contribution in [0.5, 0.6) is 11.5 Å². The zero-order valence-corrected chi connectivity index (χ0v) is 17.1. The molecule has 4 rings (SSSR count). The van der Waals surface area contributed by atoms with E-state index in [4.69, 9.17) is 32.7 Å². The van der Waals surface area contributed by atoms with Gasteiger partial charge in [0.1, 0.15) is 18.8 Å². The number of para-hydroxylation sites is 2. The first-order valence-corrected chi connectivity index (χ1v) is 10.2. The van der Waals surface area contributed by atoms with Crippen LogP contribution in [-0.2, 0) is 4.79 Å². The summed E-state index contributed by atoms with van der Waals surface area (Å²) in [6.07, 6.45) is 1.08. The van der Waals surface area contributed by atoms with Gasteiger partial charge < -0.3 is 19.7 Å². The molecule has 0 saturated carbocycles. The number of likely N-dealkylation sites (tertiary alicyclic amines) is 1. The summed E-state index contributed by atoms with van der Waals surface area (Å²) in [7, 11) is 0. The molecular formula is C21H20Cl2N2O4. The van der Waals surface area contributed by atoms with Crippen molar-refractivity contribution >= 4 is 35.0 Å². The molecule has 29 heavy (non-hydrogen) atoms. The molecule has 2 aromatic rings. The van der Waals surface area contributed by atoms with Crippen molar-refractivity contribution in [1.82, 2.24) is 10.2 Å². The number of hydrogen-bond acceptors (Lipinski definition) is 4. The Hall–Kier alpha value is -2.44. The van der Waals surface area contributed by atoms with E-state index in [1.807, 2.05) is 24.3 Å². The summed E-state index contributed by atoms with van der Waals surface area (Å²) in [5.74, 6) is 0.904. The number of carbonyl (C=O) groups excluding carboxylic acids is 2. The third-order valence-corrected chi connectivity index (χ3v) is 5.43. The first kappa shape index (κ1) is 19.9. The standard InChI is InChI=1S/C21H20Cl2N2O4/c22-14-8-13(9-15(23)10-14)21(27)25-7-3-4-17(25)20(26)24-11-16-12-28-18-5-1-2-6-19(18)29-16/h1-2,5-6,8-10,16-17H,3-4,7,11-12H2,(H,24,26). The van der Waals surface area contributed by atoms with Crippen molar-refractivity contribution in [1.29, 1.82) is 0 Å². The molecule has 8 heteroatoms. The van der Waals surface area contributed by atoms with Crippen molar-refractivity contribution in [2.24, 2.45) is 0 Å². The summed E-state index contributed by atoms with van der Waals surface area (Å²) in [4.78, 5) is 27.2. The van der Waals surface area contributed by atoms with Crippen molar-refractivity contribution in [2.45, 2.75) is 25.0 Å². The van der Waals surface area contributed by atoms with Crippen LogP contribution < -0.4 is 14.8 Å². The van der Waals surface area contributed by atoms with Crippen molar-refractivity contribution in [3.63, 3.8) is 0 Å². The molecule has 0 spiro atoms. The zero-order valence-electron chi connectivity index (χ0n) is 15.6. The molecule has 0 aliphatic carbocycles. The molecule has 1 N–H and O–H groups in total. The third kappa shape index (κ3) is 4.43. The highest BCUT2D eigenvalue weighted by Gasteiger charge is 2.35. The predicted molar refractivity (Wildman–Crippen MR) is 110 cm³/mol. The maximum Gasteiger partial charge on any atom is 0.254 e. The lowest BCUT2D eigenvalue weighted by Crippen LogP contribution is -2.49. The highest BCUT2D eigenvalue weighted by molar-refractivity contribution is 6.35. The molecule has 2 atom stereocenters. The minimum absolute atomic E-state index is 0.202. The molecule has 6 nitrogen and oxygen atoms in total. The minimum atomic E-state index is -0.531. The van der Waals surface area contributed by atoms with E-state index in [1.54, 1.807) is 23.1 Å². The molecule has 2 heterocycles. The van der Waals surface area contributed by atoms with Crippen LogP contribution in [0.15, 0.2) is 42.5 Å². The Bertz CT molecular complexity index is 916. The lowest BCUT2D eigenvalue weighted by atomic mass is 10.1. The van der Waals surface area contributed by atoms with Gasteiger partial charge in [-0.15, -0.1) is 0 Å². The molecule has 0 radical (unpaired) electrons. The third-order valence-electron chi connectivity index (χ3n) is 5.00. The van der Waals surface area contributed by atoms with E-state index in [1.165, 1.54) is 0 Å². The summed E-state index contributed by atoms with van der Waals surface area (Å²) < 4.78 is 11.5. The molecule has 152 valence electrons. The summed E-state index contributed by atoms with van der Waals surface area (Å²) in [6, 6.07) is 11.6. The average molecular weight is 435 g/mol. The molecule has 2 aliphatic heterocycles. The second kappa shape index (κ2) is 8.51. The van der Waals surface area contributed by atoms with Crippen LogP contribution in [0.2, 0.25) is 10.0 Å². The second-order valence-corrected chi connectivity index (χ2v) is 7.93. The molecule has 2 aromatic carbocycles. The molecule has 1 saturated heterocycles. The first-order valence-electron chi connectivity index (χ1n) is 9.44. The number of ether oxygens (including phenoxy) is 2. The smallest absolute Gasteiger partial charge is 0.254 e. The van der Waals surface area contributed by atoms with Crippen LogP contribution in [-0.4, -0.2) is 48.6 Å². The zero-order chi connectivity index (χ0) is 20.4. The second-order valence-electron chi connectivity index (χ2n) is 7.06. The fourth-order valence-electron chi connectivity index (χ4n) is 3.62. The van der Waals surface area contributed by atoms with Crippen molar-refractivity contribution in [3.8, 4) is 11.5 Å². The minimum Gasteiger partial charge on any atom is -0.486 e. The Morgan fingerprint density at radius 1 is 1.10 bits per heavy atom. The molecule has 2 unspecified atom stereocenters. The van der Waals surface area contributed by atoms with Crippen molar-refractivity contribution < 1.29 is 19.1 Å². The van der Waals surface area contributed by atoms with E-state index in [9.17, 15) is 9.59 Å². The van der Waals surface area contributed by atoms with Crippen molar-refractivity contribution in [3.05, 3.63) is 58.1 Å². The maximum atomic E-state index is 12.9. The van der Waals surface area contributed by atoms with Gasteiger partial charge in [-0.25, -0.2) is 0 Å². The van der Waals surface area contributed by atoms with Gasteiger partial charge in [-0.2, -0.15) is 0 Å². The summed E-state index contributed by atoms with van der Waals surface area (Å²) >= 11 is 12.0. The largest absolute Gasteiger partial charge is 0.486 e. The number of benzene rings is 2. The van der Waals surface area contributed by atoms with Crippen LogP contribution in [0.1, 0.15) is 23.2 Å². The van der Waals surface area contributed by atoms with Gasteiger partial charge >= 0.3 is 0 Å². The van der Waals surface area contributed by atoms with Gasteiger partial charge in [0.2, 0.25) is 5.91 Å². The summed E-state index contributed by atoms with van der Waals surface area (Å²) in [6.45, 7) is 1.16. The van der Waals surface area contributed by atoms with Gasteiger partial charge in [0.25, 0.3) is 5.91 Å². The van der Waals surface area contributed by atoms with Gasteiger partial charge in [0.05, 0.1) is 6.54 Å². The number of hydrogen-bond donors (Lipinski definition) is 1. The van der Waals surface area contributed by atoms with Crippen molar-refractivity contribution in [2.75, 3.05) is 19.7 Å². The molecule has 0 aromatic heterocycles. The first-order chi connectivity index (χ1) is 14.0. The quantitative estimate of drug-likeness (QED) is 0.798. The number of nitrogens with zero attached hydrogens (tertiary/aromatic N) is 1. The number of fused-ring (bicyclic) bond motifs is 1. The molecular weight excluding hydrogens is 415 g/mol. The van der Waals surface area contributed by atoms with Crippen LogP contribution in [0.25, 0.3) is 0 Å². The predicted octanol–water partition coefficient (Wildman–Crippen LogP) is 3.55. The summed E-state index contributed by atoms with van der Waals surface area (Å²) in [5, 5.41) is 3.66. The van der Waals surface area contributed by atoms with E-state index < -0.39 is 6.04 Å². The maximum absolute atomic E-state index is 12.9. The van der Waals surface area contributed by atoms with Gasteiger partial charge in [-0.1, -0.05) is 35.3 Å². The fourth-order valence-corrected chi connectivity index (χ4v) is 4.15. The van der Waals surface area contributed by atoms with Gasteiger partial charge in [0, 0.05) is 22.2 Å². The van der Waals surface area contributed by atoms with Crippen LogP contribution >= 0.6 is 23.2 Å². The van der Waals surface area contributed by atoms with Crippen LogP contribution in [0.3, 0.4) is 0 Å². The lowest BCUT2D eigenvalue weighted by molar-refractivity contribution is -0.125. The Labute approximate surface area is 178 Å². The lowest BCUT2D eigenvalue weighted by Gasteiger charge is -2.28. The monoisotopic (exact) mass is 434 g/mol. The Morgan fingerprint density at radius 2 is 1.83 bits per heavy atom. The Morgan fingerprint density at radius 3 is 2.59 bits per heavy atom. The molecule has 2 aliphatic rings. The topological polar surface area (TPSA) is 67.9 Å². The SMILES string of the molecule is O=C(NCC1COc2ccccc2O1)C1CCCN1C(=O)c1cc(Cl)cc(Cl)c1. The van der Waals surface area contributed by atoms with Gasteiger partial charge in [-0.3, -0.25) is 9.59 Å². The van der Waals surface area contributed by atoms with E-state index in [2.05, 4.69) is 5.32 Å². The highest BCUT2D eigenvalue weighted by atomic mass is 35.5. The van der Waals surface area contributed by atoms with Crippen LogP contribution in [0, 0.1) is 0 Å². The van der Waals surface area contributed by atoms with E-state index in [0.29, 0.717) is 53.2 Å². The highest BCUT2D eigenvalue weighted by Crippen LogP contribution is 2.30. The Balaban J connectivity index is 1.37. The number of nitrogens with one attached hydrogen (secondary N) is 1. The molecule has 0 bridgehead atoms. The summed E-state index contributed by atoms with van der Waals surface area (Å²) in [5.41, 5.74) is 0.378. The van der Waals surface area contributed by atoms with Crippen LogP contribution in [0.4, 0.5) is 0 Å². The average Bonchev–Trinajstić information content (AvgIpc) is 3.20. The number of carbonyl (C=O) groups is 2. The normalized spacial score (nSPS) is 20.4. The van der Waals surface area contributed by atoms with E-state index in [-0.39, 0.29) is 17.9 Å². The number of rotatable bonds is 4.